The van der Waals surface area contributed by atoms with Crippen LogP contribution < -0.4 is 4.74 Å². The number of rotatable bonds is 3. The first-order valence-corrected chi connectivity index (χ1v) is 6.64. The molecule has 0 spiro atoms. The smallest absolute Gasteiger partial charge is 0.195 e. The number of hydrogen-bond acceptors (Lipinski definition) is 4. The predicted octanol–water partition coefficient (Wildman–Crippen LogP) is 3.16. The fraction of sp³-hybridized carbons (Fsp3) is 0.200. The molecule has 0 aliphatic heterocycles. The van der Waals surface area contributed by atoms with Gasteiger partial charge in [0.25, 0.3) is 0 Å². The van der Waals surface area contributed by atoms with Crippen molar-refractivity contribution in [3.8, 4) is 5.75 Å². The van der Waals surface area contributed by atoms with Crippen LogP contribution in [0.5, 0.6) is 5.75 Å². The molecule has 0 fully saturated rings. The van der Waals surface area contributed by atoms with Crippen molar-refractivity contribution in [1.29, 1.82) is 0 Å². The van der Waals surface area contributed by atoms with Gasteiger partial charge in [0.1, 0.15) is 5.75 Å². The summed E-state index contributed by atoms with van der Waals surface area (Å²) < 4.78 is 5.08. The predicted molar refractivity (Wildman–Crippen MR) is 75.3 cm³/mol. The third kappa shape index (κ3) is 2.79. The summed E-state index contributed by atoms with van der Waals surface area (Å²) in [6, 6.07) is 7.38. The molecule has 0 unspecified atom stereocenters. The Kier molecular flexibility index (Phi) is 3.90. The molecule has 1 aromatic rings. The second-order valence-corrected chi connectivity index (χ2v) is 5.34. The van der Waals surface area contributed by atoms with Gasteiger partial charge in [-0.2, -0.15) is 0 Å². The number of carbonyl (C=O) groups is 2. The fourth-order valence-electron chi connectivity index (χ4n) is 1.68. The molecule has 0 N–H and O–H groups in total. The Bertz CT molecular complexity index is 594. The topological polar surface area (TPSA) is 43.4 Å². The maximum Gasteiger partial charge on any atom is 0.195 e. The SMILES string of the molecule is COc1ccc(SC2=CC(=O)C(C)=C(C)C2=O)cc1. The molecule has 4 heteroatoms. The molecule has 19 heavy (non-hydrogen) atoms. The Hall–Kier alpha value is -1.81. The lowest BCUT2D eigenvalue weighted by Gasteiger charge is -2.13. The summed E-state index contributed by atoms with van der Waals surface area (Å²) in [7, 11) is 1.60. The van der Waals surface area contributed by atoms with E-state index in [0.29, 0.717) is 16.1 Å². The van der Waals surface area contributed by atoms with Crippen molar-refractivity contribution in [2.24, 2.45) is 0 Å². The minimum absolute atomic E-state index is 0.0714. The zero-order chi connectivity index (χ0) is 14.0. The summed E-state index contributed by atoms with van der Waals surface area (Å²) in [6.07, 6.45) is 1.42. The summed E-state index contributed by atoms with van der Waals surface area (Å²) in [5.74, 6) is 0.599. The first kappa shape index (κ1) is 13.6. The summed E-state index contributed by atoms with van der Waals surface area (Å²) in [5, 5.41) is 0. The Labute approximate surface area is 116 Å². The van der Waals surface area contributed by atoms with Gasteiger partial charge in [0.05, 0.1) is 12.0 Å². The molecular formula is C15H14O3S. The quantitative estimate of drug-likeness (QED) is 0.794. The van der Waals surface area contributed by atoms with E-state index in [-0.39, 0.29) is 11.6 Å². The van der Waals surface area contributed by atoms with Crippen LogP contribution >= 0.6 is 11.8 Å². The maximum absolute atomic E-state index is 12.1. The first-order valence-electron chi connectivity index (χ1n) is 5.83. The van der Waals surface area contributed by atoms with Crippen LogP contribution in [0.15, 0.2) is 51.3 Å². The molecule has 0 heterocycles. The van der Waals surface area contributed by atoms with E-state index in [1.165, 1.54) is 17.8 Å². The number of thioether (sulfide) groups is 1. The molecule has 0 bridgehead atoms. The van der Waals surface area contributed by atoms with Crippen LogP contribution in [0.4, 0.5) is 0 Å². The van der Waals surface area contributed by atoms with Crippen LogP contribution in [-0.2, 0) is 9.59 Å². The highest BCUT2D eigenvalue weighted by Crippen LogP contribution is 2.33. The molecule has 0 atom stereocenters. The van der Waals surface area contributed by atoms with E-state index in [9.17, 15) is 9.59 Å². The Morgan fingerprint density at radius 3 is 2.21 bits per heavy atom. The van der Waals surface area contributed by atoms with Crippen molar-refractivity contribution in [3.05, 3.63) is 46.4 Å². The molecule has 1 aliphatic rings. The minimum atomic E-state index is -0.0897. The number of hydrogen-bond donors (Lipinski definition) is 0. The summed E-state index contributed by atoms with van der Waals surface area (Å²) in [6.45, 7) is 3.37. The Balaban J connectivity index is 2.22. The van der Waals surface area contributed by atoms with E-state index in [1.807, 2.05) is 24.3 Å². The molecule has 1 aromatic carbocycles. The second-order valence-electron chi connectivity index (χ2n) is 4.23. The van der Waals surface area contributed by atoms with Crippen molar-refractivity contribution in [3.63, 3.8) is 0 Å². The highest BCUT2D eigenvalue weighted by Gasteiger charge is 2.23. The standard InChI is InChI=1S/C15H14O3S/c1-9-10(2)15(17)14(8-13(9)16)19-12-6-4-11(18-3)5-7-12/h4-8H,1-3H3. The van der Waals surface area contributed by atoms with Crippen LogP contribution in [0.25, 0.3) is 0 Å². The highest BCUT2D eigenvalue weighted by molar-refractivity contribution is 8.04. The van der Waals surface area contributed by atoms with Gasteiger partial charge < -0.3 is 4.74 Å². The third-order valence-corrected chi connectivity index (χ3v) is 4.08. The molecule has 1 aliphatic carbocycles. The summed E-state index contributed by atoms with van der Waals surface area (Å²) >= 11 is 1.30. The monoisotopic (exact) mass is 274 g/mol. The van der Waals surface area contributed by atoms with E-state index in [4.69, 9.17) is 4.74 Å². The highest BCUT2D eigenvalue weighted by atomic mass is 32.2. The summed E-state index contributed by atoms with van der Waals surface area (Å²) in [4.78, 5) is 25.2. The van der Waals surface area contributed by atoms with Crippen molar-refractivity contribution >= 4 is 23.3 Å². The van der Waals surface area contributed by atoms with Gasteiger partial charge in [-0.05, 0) is 38.1 Å². The number of ketones is 2. The lowest BCUT2D eigenvalue weighted by atomic mass is 9.97. The summed E-state index contributed by atoms with van der Waals surface area (Å²) in [5.41, 5.74) is 1.06. The molecule has 98 valence electrons. The molecule has 0 amide bonds. The molecule has 3 nitrogen and oxygen atoms in total. The number of allylic oxidation sites excluding steroid dienone is 4. The normalized spacial score (nSPS) is 15.6. The van der Waals surface area contributed by atoms with E-state index in [2.05, 4.69) is 0 Å². The molecule has 0 saturated heterocycles. The van der Waals surface area contributed by atoms with Gasteiger partial charge in [-0.3, -0.25) is 9.59 Å². The second kappa shape index (κ2) is 5.45. The van der Waals surface area contributed by atoms with Crippen LogP contribution in [0.3, 0.4) is 0 Å². The van der Waals surface area contributed by atoms with Gasteiger partial charge in [-0.15, -0.1) is 0 Å². The molecule has 0 saturated carbocycles. The minimum Gasteiger partial charge on any atom is -0.497 e. The zero-order valence-corrected chi connectivity index (χ0v) is 11.8. The lowest BCUT2D eigenvalue weighted by Crippen LogP contribution is -2.14. The van der Waals surface area contributed by atoms with Crippen LogP contribution in [0.1, 0.15) is 13.8 Å². The average Bonchev–Trinajstić information content (AvgIpc) is 2.43. The van der Waals surface area contributed by atoms with Gasteiger partial charge in [0, 0.05) is 22.1 Å². The Morgan fingerprint density at radius 2 is 1.63 bits per heavy atom. The van der Waals surface area contributed by atoms with Crippen LogP contribution in [0, 0.1) is 0 Å². The Morgan fingerprint density at radius 1 is 1.00 bits per heavy atom. The van der Waals surface area contributed by atoms with Crippen molar-refractivity contribution in [2.75, 3.05) is 7.11 Å². The first-order chi connectivity index (χ1) is 9.02. The number of methoxy groups -OCH3 is 1. The number of benzene rings is 1. The van der Waals surface area contributed by atoms with E-state index in [1.54, 1.807) is 21.0 Å². The maximum atomic E-state index is 12.1. The van der Waals surface area contributed by atoms with Gasteiger partial charge >= 0.3 is 0 Å². The number of ether oxygens (including phenoxy) is 1. The van der Waals surface area contributed by atoms with Gasteiger partial charge in [-0.1, -0.05) is 11.8 Å². The largest absolute Gasteiger partial charge is 0.497 e. The average molecular weight is 274 g/mol. The van der Waals surface area contributed by atoms with E-state index < -0.39 is 0 Å². The number of Topliss-reactive ketones (excluding diaryl/α,β-unsaturated/α-hetero) is 1. The third-order valence-electron chi connectivity index (χ3n) is 3.05. The van der Waals surface area contributed by atoms with Gasteiger partial charge in [0.2, 0.25) is 0 Å². The van der Waals surface area contributed by atoms with E-state index in [0.717, 1.165) is 10.6 Å². The zero-order valence-electron chi connectivity index (χ0n) is 11.0. The van der Waals surface area contributed by atoms with Crippen molar-refractivity contribution in [2.45, 2.75) is 18.7 Å². The molecule has 0 radical (unpaired) electrons. The molecular weight excluding hydrogens is 260 g/mol. The van der Waals surface area contributed by atoms with Crippen molar-refractivity contribution < 1.29 is 14.3 Å². The number of carbonyl (C=O) groups excluding carboxylic acids is 2. The molecule has 2 rings (SSSR count). The van der Waals surface area contributed by atoms with Gasteiger partial charge in [0.15, 0.2) is 11.6 Å². The fourth-order valence-corrected chi connectivity index (χ4v) is 2.62. The lowest BCUT2D eigenvalue weighted by molar-refractivity contribution is -0.115. The van der Waals surface area contributed by atoms with Gasteiger partial charge in [-0.25, -0.2) is 0 Å². The van der Waals surface area contributed by atoms with Crippen molar-refractivity contribution in [1.82, 2.24) is 0 Å². The van der Waals surface area contributed by atoms with E-state index >= 15 is 0 Å². The van der Waals surface area contributed by atoms with Crippen LogP contribution in [0.2, 0.25) is 0 Å². The molecule has 0 aromatic heterocycles. The van der Waals surface area contributed by atoms with Crippen LogP contribution in [-0.4, -0.2) is 18.7 Å².